The van der Waals surface area contributed by atoms with Crippen molar-refractivity contribution in [3.05, 3.63) is 84.2 Å². The fourth-order valence-electron chi connectivity index (χ4n) is 3.86. The van der Waals surface area contributed by atoms with E-state index in [0.717, 1.165) is 23.3 Å². The van der Waals surface area contributed by atoms with Gasteiger partial charge in [-0.15, -0.1) is 0 Å². The summed E-state index contributed by atoms with van der Waals surface area (Å²) < 4.78 is 40.2. The van der Waals surface area contributed by atoms with Crippen molar-refractivity contribution in [2.75, 3.05) is 10.0 Å². The molecular formula is C24H17FN6O3S. The minimum atomic E-state index is -3.95. The molecule has 1 amide bonds. The molecule has 0 saturated heterocycles. The molecule has 4 aromatic rings. The molecule has 0 bridgehead atoms. The van der Waals surface area contributed by atoms with Crippen LogP contribution < -0.4 is 10.0 Å². The Hall–Kier alpha value is -4.43. The Morgan fingerprint density at radius 2 is 1.80 bits per heavy atom. The number of nitrogens with zero attached hydrogens (tertiary/aromatic N) is 4. The van der Waals surface area contributed by atoms with E-state index in [0.29, 0.717) is 23.1 Å². The fourth-order valence-corrected chi connectivity index (χ4v) is 4.81. The summed E-state index contributed by atoms with van der Waals surface area (Å²) >= 11 is 0. The highest BCUT2D eigenvalue weighted by Gasteiger charge is 2.44. The minimum absolute atomic E-state index is 0.00484. The maximum atomic E-state index is 12.9. The van der Waals surface area contributed by atoms with Gasteiger partial charge in [-0.2, -0.15) is 5.26 Å². The second-order valence-corrected chi connectivity index (χ2v) is 9.75. The van der Waals surface area contributed by atoms with Gasteiger partial charge in [0.15, 0.2) is 5.82 Å². The number of pyridine rings is 1. The molecule has 1 saturated carbocycles. The summed E-state index contributed by atoms with van der Waals surface area (Å²) in [4.78, 5) is 24.0. The van der Waals surface area contributed by atoms with Crippen molar-refractivity contribution in [3.8, 4) is 6.07 Å². The van der Waals surface area contributed by atoms with Gasteiger partial charge in [-0.3, -0.25) is 9.78 Å². The molecular weight excluding hydrogens is 471 g/mol. The Bertz CT molecular complexity index is 1580. The number of rotatable bonds is 6. The first-order valence-corrected chi connectivity index (χ1v) is 12.0. The lowest BCUT2D eigenvalue weighted by Gasteiger charge is -2.08. The van der Waals surface area contributed by atoms with E-state index in [1.807, 2.05) is 0 Å². The van der Waals surface area contributed by atoms with Crippen molar-refractivity contribution in [2.24, 2.45) is 5.92 Å². The Morgan fingerprint density at radius 3 is 2.51 bits per heavy atom. The van der Waals surface area contributed by atoms with Crippen molar-refractivity contribution in [1.29, 1.82) is 5.26 Å². The standard InChI is InChI=1S/C24H17FN6O3S/c25-17-12-28-24(29-13-17)31-35(33,34)19-5-2-14(3-6-19)21-8-22(21)23(32)30-18-4-1-15-10-27-11-16(9-26)20(15)7-18/h1-7,10-13,21-22H,8H2,(H,30,32)(H,28,29,31)/t21?,22-/m1/s1. The fraction of sp³-hybridized carbons (Fsp3) is 0.125. The number of halogens is 1. The maximum absolute atomic E-state index is 12.9. The van der Waals surface area contributed by atoms with E-state index in [1.165, 1.54) is 18.3 Å². The second-order valence-electron chi connectivity index (χ2n) is 8.07. The van der Waals surface area contributed by atoms with Crippen LogP contribution in [0.5, 0.6) is 0 Å². The van der Waals surface area contributed by atoms with Gasteiger partial charge in [0.2, 0.25) is 11.9 Å². The third kappa shape index (κ3) is 4.64. The number of hydrogen-bond acceptors (Lipinski definition) is 7. The molecule has 1 fully saturated rings. The summed E-state index contributed by atoms with van der Waals surface area (Å²) in [5.41, 5.74) is 1.86. The lowest BCUT2D eigenvalue weighted by molar-refractivity contribution is -0.117. The van der Waals surface area contributed by atoms with Crippen molar-refractivity contribution in [2.45, 2.75) is 17.2 Å². The molecule has 5 rings (SSSR count). The van der Waals surface area contributed by atoms with E-state index in [4.69, 9.17) is 0 Å². The van der Waals surface area contributed by atoms with Gasteiger partial charge in [0.25, 0.3) is 10.0 Å². The normalized spacial score (nSPS) is 16.9. The highest BCUT2D eigenvalue weighted by molar-refractivity contribution is 7.92. The van der Waals surface area contributed by atoms with Crippen LogP contribution >= 0.6 is 0 Å². The number of aromatic nitrogens is 3. The van der Waals surface area contributed by atoms with Crippen LogP contribution in [0.3, 0.4) is 0 Å². The molecule has 2 heterocycles. The molecule has 0 aliphatic heterocycles. The Morgan fingerprint density at radius 1 is 1.06 bits per heavy atom. The van der Waals surface area contributed by atoms with Crippen LogP contribution in [0.15, 0.2) is 72.1 Å². The lowest BCUT2D eigenvalue weighted by atomic mass is 10.1. The smallest absolute Gasteiger partial charge is 0.264 e. The van der Waals surface area contributed by atoms with E-state index in [1.54, 1.807) is 36.5 Å². The molecule has 1 unspecified atom stereocenters. The second kappa shape index (κ2) is 8.73. The summed E-state index contributed by atoms with van der Waals surface area (Å²) in [6, 6.07) is 13.6. The zero-order valence-electron chi connectivity index (χ0n) is 18.0. The van der Waals surface area contributed by atoms with Crippen LogP contribution in [-0.4, -0.2) is 29.3 Å². The van der Waals surface area contributed by atoms with E-state index in [9.17, 15) is 22.9 Å². The summed E-state index contributed by atoms with van der Waals surface area (Å²) in [5, 5.41) is 13.7. The first-order chi connectivity index (χ1) is 16.8. The number of carbonyl (C=O) groups excluding carboxylic acids is 1. The van der Waals surface area contributed by atoms with E-state index >= 15 is 0 Å². The van der Waals surface area contributed by atoms with Gasteiger partial charge < -0.3 is 5.32 Å². The van der Waals surface area contributed by atoms with Crippen molar-refractivity contribution in [3.63, 3.8) is 0 Å². The predicted molar refractivity (Wildman–Crippen MR) is 125 cm³/mol. The summed E-state index contributed by atoms with van der Waals surface area (Å²) in [7, 11) is -3.95. The van der Waals surface area contributed by atoms with Gasteiger partial charge in [-0.05, 0) is 42.2 Å². The number of benzene rings is 2. The molecule has 1 aliphatic rings. The highest BCUT2D eigenvalue weighted by Crippen LogP contribution is 2.48. The third-order valence-corrected chi connectivity index (χ3v) is 7.08. The van der Waals surface area contributed by atoms with E-state index < -0.39 is 15.8 Å². The molecule has 0 radical (unpaired) electrons. The molecule has 2 aromatic carbocycles. The number of nitrogens with one attached hydrogen (secondary N) is 2. The number of nitriles is 1. The number of anilines is 2. The summed E-state index contributed by atoms with van der Waals surface area (Å²) in [6.07, 6.45) is 5.51. The summed E-state index contributed by atoms with van der Waals surface area (Å²) in [5.74, 6) is -1.33. The van der Waals surface area contributed by atoms with Crippen LogP contribution in [0.25, 0.3) is 10.8 Å². The first-order valence-electron chi connectivity index (χ1n) is 10.5. The molecule has 11 heteroatoms. The van der Waals surface area contributed by atoms with Crippen LogP contribution in [-0.2, 0) is 14.8 Å². The van der Waals surface area contributed by atoms with E-state index in [2.05, 4.69) is 31.1 Å². The average molecular weight is 489 g/mol. The molecule has 174 valence electrons. The summed E-state index contributed by atoms with van der Waals surface area (Å²) in [6.45, 7) is 0. The molecule has 0 spiro atoms. The van der Waals surface area contributed by atoms with E-state index in [-0.39, 0.29) is 28.6 Å². The SMILES string of the molecule is N#Cc1cncc2ccc(NC(=O)[C@@H]3CC3c3ccc(S(=O)(=O)Nc4ncc(F)cn4)cc3)cc12. The highest BCUT2D eigenvalue weighted by atomic mass is 32.2. The van der Waals surface area contributed by atoms with Crippen LogP contribution in [0, 0.1) is 23.1 Å². The largest absolute Gasteiger partial charge is 0.326 e. The number of fused-ring (bicyclic) bond motifs is 1. The quantitative estimate of drug-likeness (QED) is 0.423. The van der Waals surface area contributed by atoms with Gasteiger partial charge in [0, 0.05) is 34.8 Å². The first kappa shape index (κ1) is 22.4. The third-order valence-electron chi connectivity index (χ3n) is 5.74. The predicted octanol–water partition coefficient (Wildman–Crippen LogP) is 3.58. The zero-order chi connectivity index (χ0) is 24.6. The molecule has 1 aliphatic carbocycles. The Kier molecular flexibility index (Phi) is 5.58. The minimum Gasteiger partial charge on any atom is -0.326 e. The molecule has 2 atom stereocenters. The van der Waals surface area contributed by atoms with Crippen LogP contribution in [0.1, 0.15) is 23.5 Å². The number of sulfonamides is 1. The maximum Gasteiger partial charge on any atom is 0.264 e. The van der Waals surface area contributed by atoms with Crippen LogP contribution in [0.4, 0.5) is 16.0 Å². The van der Waals surface area contributed by atoms with Gasteiger partial charge in [-0.1, -0.05) is 18.2 Å². The number of hydrogen-bond donors (Lipinski definition) is 2. The zero-order valence-corrected chi connectivity index (χ0v) is 18.8. The molecule has 2 aromatic heterocycles. The van der Waals surface area contributed by atoms with Gasteiger partial charge in [0.1, 0.15) is 6.07 Å². The molecule has 35 heavy (non-hydrogen) atoms. The van der Waals surface area contributed by atoms with Gasteiger partial charge >= 0.3 is 0 Å². The Labute approximate surface area is 199 Å². The number of carbonyl (C=O) groups is 1. The van der Waals surface area contributed by atoms with Gasteiger partial charge in [-0.25, -0.2) is 27.5 Å². The van der Waals surface area contributed by atoms with Crippen molar-refractivity contribution >= 4 is 38.3 Å². The number of amides is 1. The Balaban J connectivity index is 1.25. The monoisotopic (exact) mass is 488 g/mol. The molecule has 9 nitrogen and oxygen atoms in total. The van der Waals surface area contributed by atoms with Crippen LogP contribution in [0.2, 0.25) is 0 Å². The van der Waals surface area contributed by atoms with Gasteiger partial charge in [0.05, 0.1) is 22.9 Å². The van der Waals surface area contributed by atoms with Crippen molar-refractivity contribution in [1.82, 2.24) is 15.0 Å². The molecule has 2 N–H and O–H groups in total. The van der Waals surface area contributed by atoms with Crippen molar-refractivity contribution < 1.29 is 17.6 Å². The average Bonchev–Trinajstić information content (AvgIpc) is 3.66. The lowest BCUT2D eigenvalue weighted by Crippen LogP contribution is -2.15. The topological polar surface area (TPSA) is 138 Å².